The van der Waals surface area contributed by atoms with Crippen LogP contribution in [0.15, 0.2) is 76.8 Å². The number of aryl methyl sites for hydroxylation is 2. The monoisotopic (exact) mass is 544 g/mol. The van der Waals surface area contributed by atoms with Crippen molar-refractivity contribution in [2.24, 2.45) is 5.16 Å². The van der Waals surface area contributed by atoms with Gasteiger partial charge in [0, 0.05) is 11.4 Å². The fourth-order valence-electron chi connectivity index (χ4n) is 3.62. The maximum absolute atomic E-state index is 13.9. The van der Waals surface area contributed by atoms with Gasteiger partial charge in [-0.25, -0.2) is 4.39 Å². The summed E-state index contributed by atoms with van der Waals surface area (Å²) in [6.45, 7) is 7.47. The first-order chi connectivity index (χ1) is 17.6. The topological polar surface area (TPSA) is 91.2 Å². The van der Waals surface area contributed by atoms with Gasteiger partial charge >= 0.3 is 7.60 Å². The van der Waals surface area contributed by atoms with E-state index >= 15 is 0 Å². The number of nitrogens with one attached hydrogen (secondary N) is 1. The summed E-state index contributed by atoms with van der Waals surface area (Å²) < 4.78 is 24.8. The summed E-state index contributed by atoms with van der Waals surface area (Å²) in [6.07, 6.45) is 0.307. The van der Waals surface area contributed by atoms with Crippen molar-refractivity contribution < 1.29 is 23.6 Å². The van der Waals surface area contributed by atoms with Gasteiger partial charge in [-0.3, -0.25) is 4.57 Å². The van der Waals surface area contributed by atoms with Gasteiger partial charge in [-0.15, -0.1) is 11.8 Å². The second kappa shape index (κ2) is 13.9. The Kier molecular flexibility index (Phi) is 10.9. The highest BCUT2D eigenvalue weighted by molar-refractivity contribution is 7.99. The molecule has 9 heteroatoms. The number of oxime groups is 1. The van der Waals surface area contributed by atoms with Crippen molar-refractivity contribution in [3.63, 3.8) is 0 Å². The average molecular weight is 545 g/mol. The van der Waals surface area contributed by atoms with Gasteiger partial charge in [-0.1, -0.05) is 47.6 Å². The normalized spacial score (nSPS) is 13.0. The third-order valence-electron chi connectivity index (χ3n) is 5.91. The van der Waals surface area contributed by atoms with Crippen LogP contribution in [0.25, 0.3) is 0 Å². The lowest BCUT2D eigenvalue weighted by Crippen LogP contribution is -2.15. The van der Waals surface area contributed by atoms with E-state index in [-0.39, 0.29) is 23.8 Å². The van der Waals surface area contributed by atoms with Crippen LogP contribution in [0.4, 0.5) is 4.39 Å². The summed E-state index contributed by atoms with van der Waals surface area (Å²) in [5.74, 6) is -0.278. The summed E-state index contributed by atoms with van der Waals surface area (Å²) in [7, 11) is -3.94. The molecule has 1 unspecified atom stereocenters. The van der Waals surface area contributed by atoms with E-state index in [9.17, 15) is 8.96 Å². The first-order valence-electron chi connectivity index (χ1n) is 12.1. The van der Waals surface area contributed by atoms with E-state index in [1.165, 1.54) is 23.3 Å². The van der Waals surface area contributed by atoms with E-state index < -0.39 is 7.60 Å². The molecule has 0 aliphatic heterocycles. The highest BCUT2D eigenvalue weighted by atomic mass is 32.2. The Balaban J connectivity index is 1.58. The Morgan fingerprint density at radius 1 is 1.08 bits per heavy atom. The van der Waals surface area contributed by atoms with Gasteiger partial charge in [-0.05, 0) is 85.8 Å². The molecule has 0 amide bonds. The van der Waals surface area contributed by atoms with Crippen LogP contribution in [0, 0.1) is 19.7 Å². The van der Waals surface area contributed by atoms with Crippen molar-refractivity contribution in [2.75, 3.05) is 19.3 Å². The molecule has 0 aliphatic rings. The van der Waals surface area contributed by atoms with E-state index in [0.717, 1.165) is 27.3 Å². The van der Waals surface area contributed by atoms with Crippen LogP contribution in [0.2, 0.25) is 0 Å². The van der Waals surface area contributed by atoms with Gasteiger partial charge in [0.15, 0.2) is 0 Å². The Bertz CT molecular complexity index is 1250. The first-order valence-corrected chi connectivity index (χ1v) is 14.8. The van der Waals surface area contributed by atoms with Gasteiger partial charge in [0.2, 0.25) is 0 Å². The lowest BCUT2D eigenvalue weighted by atomic mass is 10.1. The third kappa shape index (κ3) is 10.1. The summed E-state index contributed by atoms with van der Waals surface area (Å²) in [5.41, 5.74) is 5.99. The number of hydrogen-bond acceptors (Lipinski definition) is 5. The van der Waals surface area contributed by atoms with E-state index in [0.29, 0.717) is 19.5 Å². The smallest absolute Gasteiger partial charge is 0.325 e. The maximum atomic E-state index is 13.9. The number of rotatable bonds is 13. The fraction of sp³-hybridized carbons (Fsp3) is 0.321. The molecule has 3 rings (SSSR count). The summed E-state index contributed by atoms with van der Waals surface area (Å²) in [6, 6.07) is 20.8. The number of thioether (sulfide) groups is 1. The average Bonchev–Trinajstić information content (AvgIpc) is 2.85. The number of benzene rings is 3. The molecular formula is C28H34FN2O4PS. The molecule has 6 nitrogen and oxygen atoms in total. The SMILES string of the molecule is C/C(=N\OCC(Sc1ccc(C)c(C)c1)c1cccc(F)c1)c1ccc(CNCCCP(=O)(O)O)cc1. The molecule has 0 aromatic heterocycles. The van der Waals surface area contributed by atoms with Gasteiger partial charge in [0.25, 0.3) is 0 Å². The van der Waals surface area contributed by atoms with E-state index in [4.69, 9.17) is 14.6 Å². The molecule has 0 bridgehead atoms. The molecule has 37 heavy (non-hydrogen) atoms. The second-order valence-electron chi connectivity index (χ2n) is 9.00. The lowest BCUT2D eigenvalue weighted by molar-refractivity contribution is 0.145. The minimum atomic E-state index is -3.94. The predicted octanol–water partition coefficient (Wildman–Crippen LogP) is 6.37. The van der Waals surface area contributed by atoms with Crippen LogP contribution in [-0.2, 0) is 15.9 Å². The Morgan fingerprint density at radius 2 is 1.84 bits per heavy atom. The molecule has 0 aliphatic carbocycles. The molecule has 0 radical (unpaired) electrons. The molecule has 3 aromatic carbocycles. The van der Waals surface area contributed by atoms with Crippen molar-refractivity contribution in [2.45, 2.75) is 43.9 Å². The van der Waals surface area contributed by atoms with E-state index in [1.54, 1.807) is 17.8 Å². The number of nitrogens with zero attached hydrogens (tertiary/aromatic N) is 1. The van der Waals surface area contributed by atoms with E-state index in [2.05, 4.69) is 42.5 Å². The Morgan fingerprint density at radius 3 is 2.51 bits per heavy atom. The zero-order chi connectivity index (χ0) is 26.8. The van der Waals surface area contributed by atoms with Crippen LogP contribution in [0.1, 0.15) is 46.4 Å². The van der Waals surface area contributed by atoms with Crippen LogP contribution < -0.4 is 5.32 Å². The second-order valence-corrected chi connectivity index (χ2v) is 12.0. The third-order valence-corrected chi connectivity index (χ3v) is 8.03. The van der Waals surface area contributed by atoms with Crippen LogP contribution in [0.5, 0.6) is 0 Å². The molecule has 3 N–H and O–H groups in total. The summed E-state index contributed by atoms with van der Waals surface area (Å²) in [4.78, 5) is 24.7. The quantitative estimate of drug-likeness (QED) is 0.0761. The van der Waals surface area contributed by atoms with Gasteiger partial charge < -0.3 is 19.9 Å². The Labute approximate surface area is 222 Å². The van der Waals surface area contributed by atoms with Crippen molar-refractivity contribution in [1.29, 1.82) is 0 Å². The maximum Gasteiger partial charge on any atom is 0.325 e. The van der Waals surface area contributed by atoms with Gasteiger partial charge in [0.05, 0.1) is 17.1 Å². The summed E-state index contributed by atoms with van der Waals surface area (Å²) >= 11 is 1.62. The molecule has 0 heterocycles. The molecule has 3 aromatic rings. The molecule has 0 fully saturated rings. The fourth-order valence-corrected chi connectivity index (χ4v) is 5.32. The molecule has 0 saturated heterocycles. The number of hydrogen-bond donors (Lipinski definition) is 3. The Hall–Kier alpha value is -2.48. The zero-order valence-corrected chi connectivity index (χ0v) is 23.1. The standard InChI is InChI=1S/C28H34FN2O4PS/c1-20-8-13-27(16-21(20)2)37-28(25-6-4-7-26(29)17-25)19-35-31-22(3)24-11-9-23(10-12-24)18-30-14-5-15-36(32,33)34/h4,6-13,16-17,28,30H,5,14-15,18-19H2,1-3H3,(H2,32,33,34)/b31-22+. The molecule has 198 valence electrons. The molecule has 0 saturated carbocycles. The van der Waals surface area contributed by atoms with Crippen molar-refractivity contribution >= 4 is 25.1 Å². The van der Waals surface area contributed by atoms with E-state index in [1.807, 2.05) is 37.3 Å². The highest BCUT2D eigenvalue weighted by Gasteiger charge is 2.16. The molecular weight excluding hydrogens is 510 g/mol. The van der Waals surface area contributed by atoms with Crippen molar-refractivity contribution in [3.05, 3.63) is 100 Å². The molecule has 1 atom stereocenters. The van der Waals surface area contributed by atoms with Crippen molar-refractivity contribution in [3.8, 4) is 0 Å². The predicted molar refractivity (Wildman–Crippen MR) is 149 cm³/mol. The highest BCUT2D eigenvalue weighted by Crippen LogP contribution is 2.37. The van der Waals surface area contributed by atoms with Crippen LogP contribution in [0.3, 0.4) is 0 Å². The van der Waals surface area contributed by atoms with Crippen molar-refractivity contribution in [1.82, 2.24) is 5.32 Å². The van der Waals surface area contributed by atoms with Gasteiger partial charge in [-0.2, -0.15) is 0 Å². The number of halogens is 1. The lowest BCUT2D eigenvalue weighted by Gasteiger charge is -2.17. The minimum absolute atomic E-state index is 0.113. The summed E-state index contributed by atoms with van der Waals surface area (Å²) in [5, 5.41) is 7.37. The van der Waals surface area contributed by atoms with Gasteiger partial charge in [0.1, 0.15) is 12.4 Å². The first kappa shape index (κ1) is 29.1. The van der Waals surface area contributed by atoms with Crippen LogP contribution >= 0.6 is 19.4 Å². The van der Waals surface area contributed by atoms with Crippen LogP contribution in [-0.4, -0.2) is 34.8 Å². The molecule has 0 spiro atoms. The zero-order valence-electron chi connectivity index (χ0n) is 21.4. The largest absolute Gasteiger partial charge is 0.394 e. The minimum Gasteiger partial charge on any atom is -0.394 e.